The molecular formula is C24H21N7O2. The third-order valence-electron chi connectivity index (χ3n) is 4.92. The van der Waals surface area contributed by atoms with E-state index >= 15 is 0 Å². The molecule has 164 valence electrons. The standard InChI is InChI=1S/C24H21N7O2/c1-16-6-8-18(9-7-16)23(32)26-21-12-10-19(11-13-21)24(33)28-27-17(2)20-4-3-5-22(14-20)31-15-25-29-30-31/h3-15H,1-2H3,(H,26,32)(H,28,33)/b27-17+. The van der Waals surface area contributed by atoms with Gasteiger partial charge in [-0.15, -0.1) is 5.10 Å². The van der Waals surface area contributed by atoms with Gasteiger partial charge in [0.05, 0.1) is 11.4 Å². The van der Waals surface area contributed by atoms with Crippen LogP contribution in [-0.2, 0) is 0 Å². The molecule has 0 aliphatic heterocycles. The highest BCUT2D eigenvalue weighted by atomic mass is 16.2. The molecule has 0 fully saturated rings. The van der Waals surface area contributed by atoms with E-state index in [1.807, 2.05) is 43.3 Å². The maximum absolute atomic E-state index is 12.5. The number of nitrogens with one attached hydrogen (secondary N) is 2. The molecule has 4 aromatic rings. The predicted octanol–water partition coefficient (Wildman–Crippen LogP) is 3.38. The molecule has 0 bridgehead atoms. The van der Waals surface area contributed by atoms with E-state index in [0.717, 1.165) is 16.8 Å². The Morgan fingerprint density at radius 3 is 2.27 bits per heavy atom. The minimum Gasteiger partial charge on any atom is -0.322 e. The topological polar surface area (TPSA) is 114 Å². The van der Waals surface area contributed by atoms with Crippen molar-refractivity contribution in [2.45, 2.75) is 13.8 Å². The fraction of sp³-hybridized carbons (Fsp3) is 0.0833. The number of hydrazone groups is 1. The Morgan fingerprint density at radius 2 is 1.58 bits per heavy atom. The summed E-state index contributed by atoms with van der Waals surface area (Å²) in [7, 11) is 0. The number of anilines is 1. The van der Waals surface area contributed by atoms with Crippen LogP contribution in [0.2, 0.25) is 0 Å². The van der Waals surface area contributed by atoms with Gasteiger partial charge in [0.15, 0.2) is 0 Å². The molecule has 2 N–H and O–H groups in total. The van der Waals surface area contributed by atoms with E-state index < -0.39 is 0 Å². The number of nitrogens with zero attached hydrogens (tertiary/aromatic N) is 5. The summed E-state index contributed by atoms with van der Waals surface area (Å²) in [5.41, 5.74) is 7.44. The number of hydrogen-bond donors (Lipinski definition) is 2. The van der Waals surface area contributed by atoms with E-state index in [4.69, 9.17) is 0 Å². The molecule has 33 heavy (non-hydrogen) atoms. The number of amides is 2. The second-order valence-electron chi connectivity index (χ2n) is 7.34. The Labute approximate surface area is 190 Å². The second kappa shape index (κ2) is 9.65. The van der Waals surface area contributed by atoms with Gasteiger partial charge < -0.3 is 5.32 Å². The van der Waals surface area contributed by atoms with Crippen LogP contribution in [0, 0.1) is 6.92 Å². The van der Waals surface area contributed by atoms with Crippen LogP contribution in [0.5, 0.6) is 0 Å². The minimum atomic E-state index is -0.359. The normalized spacial score (nSPS) is 11.2. The lowest BCUT2D eigenvalue weighted by atomic mass is 10.1. The van der Waals surface area contributed by atoms with Crippen molar-refractivity contribution in [3.05, 3.63) is 101 Å². The predicted molar refractivity (Wildman–Crippen MR) is 124 cm³/mol. The molecule has 9 heteroatoms. The number of aryl methyl sites for hydroxylation is 1. The van der Waals surface area contributed by atoms with Gasteiger partial charge in [-0.05, 0) is 78.4 Å². The number of rotatable bonds is 6. The Balaban J connectivity index is 1.38. The molecule has 9 nitrogen and oxygen atoms in total. The van der Waals surface area contributed by atoms with Crippen molar-refractivity contribution in [3.63, 3.8) is 0 Å². The fourth-order valence-electron chi connectivity index (χ4n) is 3.03. The van der Waals surface area contributed by atoms with Gasteiger partial charge in [-0.3, -0.25) is 9.59 Å². The number of benzene rings is 3. The Morgan fingerprint density at radius 1 is 0.879 bits per heavy atom. The van der Waals surface area contributed by atoms with Crippen LogP contribution in [0.1, 0.15) is 38.8 Å². The molecule has 1 heterocycles. The molecule has 0 saturated carbocycles. The van der Waals surface area contributed by atoms with Crippen LogP contribution in [0.4, 0.5) is 5.69 Å². The summed E-state index contributed by atoms with van der Waals surface area (Å²) in [6.45, 7) is 3.76. The summed E-state index contributed by atoms with van der Waals surface area (Å²) in [5, 5.41) is 18.1. The third kappa shape index (κ3) is 5.34. The minimum absolute atomic E-state index is 0.212. The average molecular weight is 439 g/mol. The summed E-state index contributed by atoms with van der Waals surface area (Å²) in [6, 6.07) is 21.4. The van der Waals surface area contributed by atoms with E-state index in [-0.39, 0.29) is 11.8 Å². The molecule has 0 aliphatic rings. The van der Waals surface area contributed by atoms with E-state index in [1.165, 1.54) is 11.0 Å². The van der Waals surface area contributed by atoms with E-state index in [1.54, 1.807) is 43.3 Å². The zero-order valence-electron chi connectivity index (χ0n) is 18.1. The molecule has 0 radical (unpaired) electrons. The molecule has 1 aromatic heterocycles. The largest absolute Gasteiger partial charge is 0.322 e. The van der Waals surface area contributed by atoms with Crippen LogP contribution in [0.25, 0.3) is 5.69 Å². The van der Waals surface area contributed by atoms with Crippen molar-refractivity contribution in [1.29, 1.82) is 0 Å². The zero-order chi connectivity index (χ0) is 23.2. The molecule has 0 spiro atoms. The summed E-state index contributed by atoms with van der Waals surface area (Å²) < 4.78 is 1.54. The summed E-state index contributed by atoms with van der Waals surface area (Å²) in [6.07, 6.45) is 1.50. The fourth-order valence-corrected chi connectivity index (χ4v) is 3.03. The Hall–Kier alpha value is -4.66. The van der Waals surface area contributed by atoms with Crippen molar-refractivity contribution in [1.82, 2.24) is 25.6 Å². The van der Waals surface area contributed by atoms with Crippen molar-refractivity contribution < 1.29 is 9.59 Å². The SMILES string of the molecule is C/C(=N\NC(=O)c1ccc(NC(=O)c2ccc(C)cc2)cc1)c1cccc(-n2cnnn2)c1. The van der Waals surface area contributed by atoms with E-state index in [2.05, 4.69) is 31.4 Å². The Kier molecular flexibility index (Phi) is 6.31. The first-order valence-electron chi connectivity index (χ1n) is 10.2. The number of aromatic nitrogens is 4. The molecule has 4 rings (SSSR count). The number of carbonyl (C=O) groups excluding carboxylic acids is 2. The number of carbonyl (C=O) groups is 2. The first-order valence-corrected chi connectivity index (χ1v) is 10.2. The van der Waals surface area contributed by atoms with Crippen LogP contribution < -0.4 is 10.7 Å². The van der Waals surface area contributed by atoms with Crippen LogP contribution in [0.3, 0.4) is 0 Å². The molecule has 0 saturated heterocycles. The third-order valence-corrected chi connectivity index (χ3v) is 4.92. The highest BCUT2D eigenvalue weighted by Gasteiger charge is 2.09. The average Bonchev–Trinajstić information content (AvgIpc) is 3.38. The summed E-state index contributed by atoms with van der Waals surface area (Å²) in [4.78, 5) is 24.8. The summed E-state index contributed by atoms with van der Waals surface area (Å²) in [5.74, 6) is -0.571. The monoisotopic (exact) mass is 439 g/mol. The molecule has 0 aliphatic carbocycles. The highest BCUT2D eigenvalue weighted by molar-refractivity contribution is 6.05. The van der Waals surface area contributed by atoms with Gasteiger partial charge >= 0.3 is 0 Å². The molecule has 2 amide bonds. The lowest BCUT2D eigenvalue weighted by molar-refractivity contribution is 0.0954. The lowest BCUT2D eigenvalue weighted by Gasteiger charge is -2.07. The zero-order valence-corrected chi connectivity index (χ0v) is 18.1. The van der Waals surface area contributed by atoms with Crippen molar-refractivity contribution in [2.75, 3.05) is 5.32 Å². The second-order valence-corrected chi connectivity index (χ2v) is 7.34. The van der Waals surface area contributed by atoms with E-state index in [9.17, 15) is 9.59 Å². The first-order chi connectivity index (χ1) is 16.0. The summed E-state index contributed by atoms with van der Waals surface area (Å²) >= 11 is 0. The van der Waals surface area contributed by atoms with Crippen molar-refractivity contribution in [2.24, 2.45) is 5.10 Å². The smallest absolute Gasteiger partial charge is 0.271 e. The van der Waals surface area contributed by atoms with Gasteiger partial charge in [0, 0.05) is 16.8 Å². The quantitative estimate of drug-likeness (QED) is 0.353. The van der Waals surface area contributed by atoms with Crippen LogP contribution in [-0.4, -0.2) is 37.7 Å². The van der Waals surface area contributed by atoms with Gasteiger partial charge in [0.25, 0.3) is 11.8 Å². The van der Waals surface area contributed by atoms with Gasteiger partial charge in [0.2, 0.25) is 0 Å². The molecule has 3 aromatic carbocycles. The molecule has 0 atom stereocenters. The lowest BCUT2D eigenvalue weighted by Crippen LogP contribution is -2.19. The Bertz CT molecular complexity index is 1300. The maximum atomic E-state index is 12.5. The van der Waals surface area contributed by atoms with E-state index in [0.29, 0.717) is 22.5 Å². The highest BCUT2D eigenvalue weighted by Crippen LogP contribution is 2.13. The molecule has 0 unspecified atom stereocenters. The molecular weight excluding hydrogens is 418 g/mol. The van der Waals surface area contributed by atoms with Gasteiger partial charge in [-0.2, -0.15) is 5.10 Å². The van der Waals surface area contributed by atoms with Crippen LogP contribution >= 0.6 is 0 Å². The van der Waals surface area contributed by atoms with Crippen molar-refractivity contribution in [3.8, 4) is 5.69 Å². The van der Waals surface area contributed by atoms with Crippen LogP contribution in [0.15, 0.2) is 84.2 Å². The maximum Gasteiger partial charge on any atom is 0.271 e. The van der Waals surface area contributed by atoms with Gasteiger partial charge in [0.1, 0.15) is 6.33 Å². The number of hydrogen-bond acceptors (Lipinski definition) is 6. The van der Waals surface area contributed by atoms with Gasteiger partial charge in [-0.25, -0.2) is 10.1 Å². The van der Waals surface area contributed by atoms with Gasteiger partial charge in [-0.1, -0.05) is 29.8 Å². The van der Waals surface area contributed by atoms with Crippen molar-refractivity contribution >= 4 is 23.2 Å². The number of tetrazole rings is 1. The first kappa shape index (κ1) is 21.6.